The molecule has 3 heterocycles. The van der Waals surface area contributed by atoms with Crippen LogP contribution in [0.2, 0.25) is 0 Å². The van der Waals surface area contributed by atoms with Crippen LogP contribution in [-0.4, -0.2) is 66.0 Å². The number of piperidine rings is 1. The highest BCUT2D eigenvalue weighted by molar-refractivity contribution is 5.97. The van der Waals surface area contributed by atoms with E-state index in [1.54, 1.807) is 36.8 Å². The fourth-order valence-electron chi connectivity index (χ4n) is 5.36. The quantitative estimate of drug-likeness (QED) is 0.532. The van der Waals surface area contributed by atoms with Gasteiger partial charge in [0.1, 0.15) is 28.8 Å². The number of amides is 2. The first kappa shape index (κ1) is 26.5. The fraction of sp³-hybridized carbons (Fsp3) is 0.379. The molecule has 2 aliphatic rings. The van der Waals surface area contributed by atoms with Crippen LogP contribution in [0.15, 0.2) is 61.1 Å². The Bertz CT molecular complexity index is 1300. The SMILES string of the molecule is O=C1NCCN(c2cnccn2)CCCC2(CCN(C(=O)c3c(F)cccc3F)CC2)COc2ccccc21. The molecule has 204 valence electrons. The molecule has 39 heavy (non-hydrogen) atoms. The third-order valence-corrected chi connectivity index (χ3v) is 7.63. The Hall–Kier alpha value is -4.08. The first-order valence-corrected chi connectivity index (χ1v) is 13.2. The number of halogens is 2. The summed E-state index contributed by atoms with van der Waals surface area (Å²) in [5.41, 5.74) is -0.337. The van der Waals surface area contributed by atoms with E-state index in [1.807, 2.05) is 6.07 Å². The van der Waals surface area contributed by atoms with Gasteiger partial charge in [-0.25, -0.2) is 13.8 Å². The minimum absolute atomic E-state index is 0.217. The summed E-state index contributed by atoms with van der Waals surface area (Å²) in [7, 11) is 0. The van der Waals surface area contributed by atoms with E-state index >= 15 is 0 Å². The standard InChI is InChI=1S/C29H31F2N5O3/c30-22-6-3-7-23(31)26(22)28(38)36-16-10-29(11-17-36)9-4-15-35(25-19-32-12-13-33-25)18-14-34-27(37)21-5-1-2-8-24(21)39-20-29/h1-3,5-8,12-13,19H,4,9-11,14-18,20H2,(H,34,37). The molecule has 0 atom stereocenters. The molecule has 0 saturated carbocycles. The second-order valence-corrected chi connectivity index (χ2v) is 10.1. The van der Waals surface area contributed by atoms with E-state index in [0.29, 0.717) is 63.5 Å². The molecular formula is C29H31F2N5O3. The number of fused-ring (bicyclic) bond motifs is 1. The Morgan fingerprint density at radius 3 is 2.46 bits per heavy atom. The molecule has 1 aromatic heterocycles. The summed E-state index contributed by atoms with van der Waals surface area (Å²) >= 11 is 0. The predicted octanol–water partition coefficient (Wildman–Crippen LogP) is 4.09. The molecule has 0 radical (unpaired) electrons. The Morgan fingerprint density at radius 2 is 1.72 bits per heavy atom. The van der Waals surface area contributed by atoms with Crippen molar-refractivity contribution in [1.29, 1.82) is 0 Å². The van der Waals surface area contributed by atoms with Crippen LogP contribution in [0.1, 0.15) is 46.4 Å². The van der Waals surface area contributed by atoms with Crippen LogP contribution < -0.4 is 15.0 Å². The molecule has 2 aromatic carbocycles. The van der Waals surface area contributed by atoms with Crippen molar-refractivity contribution >= 4 is 17.6 Å². The van der Waals surface area contributed by atoms with Gasteiger partial charge in [-0.15, -0.1) is 0 Å². The van der Waals surface area contributed by atoms with Crippen molar-refractivity contribution in [1.82, 2.24) is 20.2 Å². The van der Waals surface area contributed by atoms with Gasteiger partial charge in [-0.05, 0) is 49.9 Å². The summed E-state index contributed by atoms with van der Waals surface area (Å²) in [5, 5.41) is 2.98. The number of hydrogen-bond donors (Lipinski definition) is 1. The van der Waals surface area contributed by atoms with Crippen LogP contribution in [0.3, 0.4) is 0 Å². The van der Waals surface area contributed by atoms with Gasteiger partial charge in [-0.3, -0.25) is 14.6 Å². The van der Waals surface area contributed by atoms with Gasteiger partial charge in [0.25, 0.3) is 11.8 Å². The maximum Gasteiger partial charge on any atom is 0.259 e. The van der Waals surface area contributed by atoms with Gasteiger partial charge < -0.3 is 19.9 Å². The van der Waals surface area contributed by atoms with E-state index in [1.165, 1.54) is 11.0 Å². The molecule has 2 amide bonds. The maximum atomic E-state index is 14.3. The van der Waals surface area contributed by atoms with Gasteiger partial charge in [-0.2, -0.15) is 0 Å². The highest BCUT2D eigenvalue weighted by atomic mass is 19.1. The van der Waals surface area contributed by atoms with E-state index in [4.69, 9.17) is 4.74 Å². The normalized spacial score (nSPS) is 18.2. The highest BCUT2D eigenvalue weighted by Gasteiger charge is 2.38. The molecule has 1 spiro atoms. The van der Waals surface area contributed by atoms with Crippen LogP contribution >= 0.6 is 0 Å². The summed E-state index contributed by atoms with van der Waals surface area (Å²) in [6.45, 7) is 2.76. The molecule has 10 heteroatoms. The van der Waals surface area contributed by atoms with Gasteiger partial charge in [-0.1, -0.05) is 18.2 Å². The monoisotopic (exact) mass is 535 g/mol. The van der Waals surface area contributed by atoms with Crippen molar-refractivity contribution < 1.29 is 23.1 Å². The number of anilines is 1. The third-order valence-electron chi connectivity index (χ3n) is 7.63. The van der Waals surface area contributed by atoms with Crippen molar-refractivity contribution in [2.45, 2.75) is 25.7 Å². The van der Waals surface area contributed by atoms with Crippen LogP contribution in [0.25, 0.3) is 0 Å². The fourth-order valence-corrected chi connectivity index (χ4v) is 5.36. The van der Waals surface area contributed by atoms with Crippen molar-refractivity contribution in [3.8, 4) is 5.75 Å². The molecule has 1 fully saturated rings. The molecular weight excluding hydrogens is 504 g/mol. The second-order valence-electron chi connectivity index (χ2n) is 10.1. The van der Waals surface area contributed by atoms with Crippen LogP contribution in [0.4, 0.5) is 14.6 Å². The van der Waals surface area contributed by atoms with Gasteiger partial charge in [0, 0.05) is 50.5 Å². The van der Waals surface area contributed by atoms with Crippen molar-refractivity contribution in [2.75, 3.05) is 44.2 Å². The van der Waals surface area contributed by atoms with E-state index in [0.717, 1.165) is 30.8 Å². The van der Waals surface area contributed by atoms with Gasteiger partial charge in [0.05, 0.1) is 18.4 Å². The van der Waals surface area contributed by atoms with Gasteiger partial charge >= 0.3 is 0 Å². The first-order chi connectivity index (χ1) is 19.0. The van der Waals surface area contributed by atoms with Crippen LogP contribution in [0, 0.1) is 17.0 Å². The number of benzene rings is 2. The number of likely N-dealkylation sites (tertiary alicyclic amines) is 1. The van der Waals surface area contributed by atoms with E-state index in [2.05, 4.69) is 20.2 Å². The highest BCUT2D eigenvalue weighted by Crippen LogP contribution is 2.38. The van der Waals surface area contributed by atoms with Crippen molar-refractivity contribution in [2.24, 2.45) is 5.41 Å². The Kier molecular flexibility index (Phi) is 7.99. The number of carbonyl (C=O) groups is 2. The number of nitrogens with one attached hydrogen (secondary N) is 1. The summed E-state index contributed by atoms with van der Waals surface area (Å²) in [6, 6.07) is 10.6. The molecule has 0 bridgehead atoms. The number of aromatic nitrogens is 2. The zero-order chi connectivity index (χ0) is 27.2. The smallest absolute Gasteiger partial charge is 0.259 e. The lowest BCUT2D eigenvalue weighted by molar-refractivity contribution is 0.0359. The summed E-state index contributed by atoms with van der Waals surface area (Å²) < 4.78 is 34.8. The second kappa shape index (κ2) is 11.8. The molecule has 0 aliphatic carbocycles. The minimum Gasteiger partial charge on any atom is -0.492 e. The average molecular weight is 536 g/mol. The first-order valence-electron chi connectivity index (χ1n) is 13.2. The number of hydrogen-bond acceptors (Lipinski definition) is 6. The molecule has 1 N–H and O–H groups in total. The van der Waals surface area contributed by atoms with Crippen LogP contribution in [0.5, 0.6) is 5.75 Å². The summed E-state index contributed by atoms with van der Waals surface area (Å²) in [5.74, 6) is -1.33. The zero-order valence-electron chi connectivity index (χ0n) is 21.6. The predicted molar refractivity (Wildman–Crippen MR) is 142 cm³/mol. The van der Waals surface area contributed by atoms with Crippen LogP contribution in [-0.2, 0) is 0 Å². The summed E-state index contributed by atoms with van der Waals surface area (Å²) in [6.07, 6.45) is 7.82. The number of carbonyl (C=O) groups excluding carboxylic acids is 2. The number of para-hydroxylation sites is 1. The Labute approximate surface area is 226 Å². The van der Waals surface area contributed by atoms with E-state index in [-0.39, 0.29) is 11.3 Å². The minimum atomic E-state index is -0.857. The summed E-state index contributed by atoms with van der Waals surface area (Å²) in [4.78, 5) is 38.2. The molecule has 8 nitrogen and oxygen atoms in total. The topological polar surface area (TPSA) is 87.7 Å². The van der Waals surface area contributed by atoms with Crippen molar-refractivity contribution in [3.63, 3.8) is 0 Å². The lowest BCUT2D eigenvalue weighted by Gasteiger charge is -2.42. The largest absolute Gasteiger partial charge is 0.492 e. The Morgan fingerprint density at radius 1 is 0.949 bits per heavy atom. The number of ether oxygens (including phenoxy) is 1. The number of rotatable bonds is 2. The Balaban J connectivity index is 1.36. The van der Waals surface area contributed by atoms with Crippen molar-refractivity contribution in [3.05, 3.63) is 83.8 Å². The van der Waals surface area contributed by atoms with E-state index in [9.17, 15) is 18.4 Å². The van der Waals surface area contributed by atoms with Gasteiger partial charge in [0.15, 0.2) is 0 Å². The molecule has 3 aromatic rings. The van der Waals surface area contributed by atoms with Gasteiger partial charge in [0.2, 0.25) is 0 Å². The molecule has 5 rings (SSSR count). The number of nitrogens with zero attached hydrogens (tertiary/aromatic N) is 4. The average Bonchev–Trinajstić information content (AvgIpc) is 2.97. The lowest BCUT2D eigenvalue weighted by Crippen LogP contribution is -2.46. The molecule has 2 aliphatic heterocycles. The lowest BCUT2D eigenvalue weighted by atomic mass is 9.75. The molecule has 1 saturated heterocycles. The maximum absolute atomic E-state index is 14.3. The molecule has 0 unspecified atom stereocenters. The third kappa shape index (κ3) is 6.00. The zero-order valence-corrected chi connectivity index (χ0v) is 21.6. The van der Waals surface area contributed by atoms with E-state index < -0.39 is 23.1 Å².